The lowest BCUT2D eigenvalue weighted by molar-refractivity contribution is -0.122. The molecule has 1 atom stereocenters. The number of carbonyl (C=O) groups excluding carboxylic acids is 1. The lowest BCUT2D eigenvalue weighted by Gasteiger charge is -2.35. The van der Waals surface area contributed by atoms with Crippen LogP contribution in [0.3, 0.4) is 0 Å². The van der Waals surface area contributed by atoms with E-state index in [1.807, 2.05) is 31.2 Å². The molecule has 5 rings (SSSR count). The fraction of sp³-hybridized carbons (Fsp3) is 0.269. The molecule has 182 valence electrons. The van der Waals surface area contributed by atoms with E-state index in [-0.39, 0.29) is 17.2 Å². The molecule has 0 aliphatic carbocycles. The minimum atomic E-state index is -3.95. The van der Waals surface area contributed by atoms with Crippen LogP contribution in [0.2, 0.25) is 5.02 Å². The van der Waals surface area contributed by atoms with Gasteiger partial charge < -0.3 is 15.0 Å². The van der Waals surface area contributed by atoms with Gasteiger partial charge in [-0.3, -0.25) is 9.10 Å². The van der Waals surface area contributed by atoms with Gasteiger partial charge in [-0.05, 0) is 74.4 Å². The highest BCUT2D eigenvalue weighted by Gasteiger charge is 2.37. The predicted octanol–water partition coefficient (Wildman–Crippen LogP) is 4.84. The van der Waals surface area contributed by atoms with Crippen molar-refractivity contribution >= 4 is 44.6 Å². The van der Waals surface area contributed by atoms with Crippen LogP contribution in [-0.2, 0) is 14.8 Å². The lowest BCUT2D eigenvalue weighted by Crippen LogP contribution is -2.48. The van der Waals surface area contributed by atoms with Gasteiger partial charge in [0.1, 0.15) is 5.75 Å². The van der Waals surface area contributed by atoms with Crippen molar-refractivity contribution in [1.82, 2.24) is 0 Å². The van der Waals surface area contributed by atoms with Crippen LogP contribution in [0.5, 0.6) is 5.75 Å². The summed E-state index contributed by atoms with van der Waals surface area (Å²) in [6.45, 7) is 3.78. The SMILES string of the molecule is Cc1ccc(S(=O)(=O)N2CC(C(=O)Nc3ccc(N4CCCC4)cc3)Oc3ccc(Cl)cc32)cc1. The number of rotatable bonds is 5. The molecule has 0 aromatic heterocycles. The highest BCUT2D eigenvalue weighted by Crippen LogP contribution is 2.39. The van der Waals surface area contributed by atoms with Crippen molar-refractivity contribution in [3.63, 3.8) is 0 Å². The van der Waals surface area contributed by atoms with Crippen molar-refractivity contribution in [2.24, 2.45) is 0 Å². The number of sulfonamides is 1. The van der Waals surface area contributed by atoms with Crippen molar-refractivity contribution in [2.75, 3.05) is 34.2 Å². The summed E-state index contributed by atoms with van der Waals surface area (Å²) in [6, 6.07) is 19.0. The molecule has 3 aromatic rings. The largest absolute Gasteiger partial charge is 0.476 e. The first-order chi connectivity index (χ1) is 16.8. The molecule has 1 amide bonds. The summed E-state index contributed by atoms with van der Waals surface area (Å²) in [5, 5.41) is 3.23. The number of halogens is 1. The minimum Gasteiger partial charge on any atom is -0.476 e. The van der Waals surface area contributed by atoms with Crippen LogP contribution in [0, 0.1) is 6.92 Å². The number of anilines is 3. The Labute approximate surface area is 210 Å². The van der Waals surface area contributed by atoms with Gasteiger partial charge >= 0.3 is 0 Å². The maximum Gasteiger partial charge on any atom is 0.267 e. The van der Waals surface area contributed by atoms with E-state index in [9.17, 15) is 13.2 Å². The number of hydrogen-bond acceptors (Lipinski definition) is 5. The molecule has 0 bridgehead atoms. The molecule has 35 heavy (non-hydrogen) atoms. The van der Waals surface area contributed by atoms with Crippen LogP contribution in [0.15, 0.2) is 71.6 Å². The van der Waals surface area contributed by atoms with E-state index >= 15 is 0 Å². The van der Waals surface area contributed by atoms with Crippen molar-refractivity contribution < 1.29 is 17.9 Å². The predicted molar refractivity (Wildman–Crippen MR) is 138 cm³/mol. The van der Waals surface area contributed by atoms with E-state index in [0.29, 0.717) is 16.4 Å². The van der Waals surface area contributed by atoms with Gasteiger partial charge in [0.25, 0.3) is 15.9 Å². The van der Waals surface area contributed by atoms with Crippen LogP contribution < -0.4 is 19.3 Å². The topological polar surface area (TPSA) is 79.0 Å². The van der Waals surface area contributed by atoms with Crippen molar-refractivity contribution in [2.45, 2.75) is 30.8 Å². The summed E-state index contributed by atoms with van der Waals surface area (Å²) in [7, 11) is -3.95. The monoisotopic (exact) mass is 511 g/mol. The number of nitrogens with zero attached hydrogens (tertiary/aromatic N) is 2. The zero-order valence-corrected chi connectivity index (χ0v) is 20.8. The van der Waals surface area contributed by atoms with Crippen molar-refractivity contribution in [1.29, 1.82) is 0 Å². The Morgan fingerprint density at radius 2 is 1.69 bits per heavy atom. The third-order valence-corrected chi connectivity index (χ3v) is 8.33. The lowest BCUT2D eigenvalue weighted by atomic mass is 10.2. The minimum absolute atomic E-state index is 0.132. The third kappa shape index (κ3) is 4.81. The molecule has 1 saturated heterocycles. The zero-order chi connectivity index (χ0) is 24.6. The quantitative estimate of drug-likeness (QED) is 0.530. The molecule has 0 spiro atoms. The smallest absolute Gasteiger partial charge is 0.267 e. The van der Waals surface area contributed by atoms with Crippen molar-refractivity contribution in [3.8, 4) is 5.75 Å². The Bertz CT molecular complexity index is 1340. The highest BCUT2D eigenvalue weighted by atomic mass is 35.5. The number of nitrogens with one attached hydrogen (secondary N) is 1. The van der Waals surface area contributed by atoms with E-state index in [0.717, 1.165) is 24.3 Å². The fourth-order valence-electron chi connectivity index (χ4n) is 4.38. The fourth-order valence-corrected chi connectivity index (χ4v) is 6.01. The second kappa shape index (κ2) is 9.43. The molecule has 7 nitrogen and oxygen atoms in total. The standard InChI is InChI=1S/C26H26ClN3O4S/c1-18-4-11-22(12-5-18)35(32,33)30-17-25(34-24-13-6-19(27)16-23(24)30)26(31)28-20-7-9-21(10-8-20)29-14-2-3-15-29/h4-13,16,25H,2-3,14-15,17H2,1H3,(H,28,31). The van der Waals surface area contributed by atoms with Crippen LogP contribution in [0.1, 0.15) is 18.4 Å². The Hall–Kier alpha value is -3.23. The summed E-state index contributed by atoms with van der Waals surface area (Å²) in [6.07, 6.45) is 1.33. The van der Waals surface area contributed by atoms with E-state index in [1.165, 1.54) is 23.2 Å². The van der Waals surface area contributed by atoms with E-state index < -0.39 is 22.0 Å². The maximum absolute atomic E-state index is 13.6. The first-order valence-electron chi connectivity index (χ1n) is 11.5. The van der Waals surface area contributed by atoms with E-state index in [2.05, 4.69) is 10.2 Å². The molecule has 2 aliphatic heterocycles. The van der Waals surface area contributed by atoms with Gasteiger partial charge in [0, 0.05) is 29.5 Å². The van der Waals surface area contributed by atoms with Gasteiger partial charge in [-0.25, -0.2) is 8.42 Å². The molecule has 0 radical (unpaired) electrons. The Kier molecular flexibility index (Phi) is 6.34. The normalized spacial score (nSPS) is 17.6. The van der Waals surface area contributed by atoms with Crippen LogP contribution in [0.4, 0.5) is 17.1 Å². The first-order valence-corrected chi connectivity index (χ1v) is 13.3. The summed E-state index contributed by atoms with van der Waals surface area (Å²) < 4.78 is 34.2. The molecule has 1 fully saturated rings. The van der Waals surface area contributed by atoms with Gasteiger partial charge in [0.05, 0.1) is 17.1 Å². The number of ether oxygens (including phenoxy) is 1. The number of amides is 1. The number of aryl methyl sites for hydroxylation is 1. The summed E-state index contributed by atoms with van der Waals surface area (Å²) >= 11 is 6.17. The second-order valence-corrected chi connectivity index (χ2v) is 11.1. The number of carbonyl (C=O) groups is 1. The molecule has 9 heteroatoms. The molecular weight excluding hydrogens is 486 g/mol. The molecular formula is C26H26ClN3O4S. The highest BCUT2D eigenvalue weighted by molar-refractivity contribution is 7.92. The van der Waals surface area contributed by atoms with Crippen LogP contribution >= 0.6 is 11.6 Å². The van der Waals surface area contributed by atoms with Gasteiger partial charge in [0.15, 0.2) is 6.10 Å². The summed E-state index contributed by atoms with van der Waals surface area (Å²) in [4.78, 5) is 15.6. The van der Waals surface area contributed by atoms with E-state index in [4.69, 9.17) is 16.3 Å². The first kappa shape index (κ1) is 23.5. The van der Waals surface area contributed by atoms with Crippen molar-refractivity contribution in [3.05, 3.63) is 77.3 Å². The van der Waals surface area contributed by atoms with Gasteiger partial charge in [-0.2, -0.15) is 0 Å². The Morgan fingerprint density at radius 1 is 1.00 bits per heavy atom. The molecule has 2 heterocycles. The average molecular weight is 512 g/mol. The molecule has 0 saturated carbocycles. The van der Waals surface area contributed by atoms with Gasteiger partial charge in [0.2, 0.25) is 0 Å². The van der Waals surface area contributed by atoms with Gasteiger partial charge in [-0.15, -0.1) is 0 Å². The second-order valence-electron chi connectivity index (χ2n) is 8.80. The average Bonchev–Trinajstić information content (AvgIpc) is 3.39. The molecule has 1 unspecified atom stereocenters. The molecule has 2 aliphatic rings. The molecule has 1 N–H and O–H groups in total. The number of benzene rings is 3. The van der Waals surface area contributed by atoms with Crippen LogP contribution in [-0.4, -0.2) is 40.1 Å². The van der Waals surface area contributed by atoms with E-state index in [1.54, 1.807) is 36.4 Å². The molecule has 3 aromatic carbocycles. The third-order valence-electron chi connectivity index (χ3n) is 6.30. The number of fused-ring (bicyclic) bond motifs is 1. The number of hydrogen-bond donors (Lipinski definition) is 1. The zero-order valence-electron chi connectivity index (χ0n) is 19.3. The Balaban J connectivity index is 1.40. The van der Waals surface area contributed by atoms with Gasteiger partial charge in [-0.1, -0.05) is 29.3 Å². The summed E-state index contributed by atoms with van der Waals surface area (Å²) in [5.41, 5.74) is 2.99. The maximum atomic E-state index is 13.6. The van der Waals surface area contributed by atoms with Crippen LogP contribution in [0.25, 0.3) is 0 Å². The Morgan fingerprint density at radius 3 is 2.37 bits per heavy atom. The summed E-state index contributed by atoms with van der Waals surface area (Å²) in [5.74, 6) is -0.149.